The molecule has 0 aliphatic carbocycles. The molecular weight excluding hydrogens is 599 g/mol. The number of nitrogens with zero attached hydrogens (tertiary/aromatic N) is 6. The first-order valence-electron chi connectivity index (χ1n) is 15.8. The van der Waals surface area contributed by atoms with Crippen LogP contribution in [0.3, 0.4) is 0 Å². The van der Waals surface area contributed by atoms with Crippen molar-refractivity contribution in [2.45, 2.75) is 62.7 Å². The number of piperidine rings is 1. The minimum absolute atomic E-state index is 0.00275. The van der Waals surface area contributed by atoms with Crippen molar-refractivity contribution in [2.24, 2.45) is 0 Å². The van der Waals surface area contributed by atoms with E-state index in [1.807, 2.05) is 6.07 Å². The average Bonchev–Trinajstić information content (AvgIpc) is 3.79. The van der Waals surface area contributed by atoms with Crippen molar-refractivity contribution >= 4 is 33.6 Å². The molecule has 2 aromatic carbocycles. The van der Waals surface area contributed by atoms with Gasteiger partial charge in [-0.05, 0) is 56.1 Å². The number of halogens is 3. The zero-order valence-electron chi connectivity index (χ0n) is 25.3. The Morgan fingerprint density at radius 2 is 1.91 bits per heavy atom. The Morgan fingerprint density at radius 3 is 2.72 bits per heavy atom. The summed E-state index contributed by atoms with van der Waals surface area (Å²) in [5.74, 6) is -1.10. The van der Waals surface area contributed by atoms with Crippen molar-refractivity contribution in [3.05, 3.63) is 40.5 Å². The molecule has 0 amide bonds. The van der Waals surface area contributed by atoms with Gasteiger partial charge in [0.1, 0.15) is 47.1 Å². The van der Waals surface area contributed by atoms with Gasteiger partial charge in [0.15, 0.2) is 5.82 Å². The van der Waals surface area contributed by atoms with Gasteiger partial charge in [-0.3, -0.25) is 4.90 Å². The molecule has 10 rings (SSSR count). The van der Waals surface area contributed by atoms with Crippen LogP contribution in [0.1, 0.15) is 42.4 Å². The molecule has 6 aliphatic rings. The van der Waals surface area contributed by atoms with Crippen LogP contribution in [0, 0.1) is 23.0 Å². The fraction of sp³-hybridized carbons (Fsp3) is 0.485. The maximum absolute atomic E-state index is 17.3. The number of hydrogen-bond donors (Lipinski definition) is 1. The van der Waals surface area contributed by atoms with E-state index in [1.54, 1.807) is 0 Å². The highest BCUT2D eigenvalue weighted by atomic mass is 19.1. The molecule has 0 spiro atoms. The normalized spacial score (nSPS) is 27.3. The SMILES string of the molecule is CN1CC2CC(C1)N2c1nc(OC[C@@]23CCCN2C[C@H](F)C3)nc2c(F)c(-c3c(F)ccc4oc(N)c(C#N)c34)c3c(c12)COC3. The molecule has 0 saturated carbocycles. The van der Waals surface area contributed by atoms with Gasteiger partial charge in [0, 0.05) is 49.3 Å². The van der Waals surface area contributed by atoms with Crippen molar-refractivity contribution < 1.29 is 27.1 Å². The first-order chi connectivity index (χ1) is 22.3. The van der Waals surface area contributed by atoms with Gasteiger partial charge in [0.2, 0.25) is 5.88 Å². The Hall–Kier alpha value is -4.12. The van der Waals surface area contributed by atoms with Gasteiger partial charge in [0.25, 0.3) is 0 Å². The first-order valence-corrected chi connectivity index (χ1v) is 15.8. The molecule has 4 atom stereocenters. The second kappa shape index (κ2) is 9.94. The monoisotopic (exact) mass is 631 g/mol. The molecule has 8 heterocycles. The number of nitrogen functional groups attached to an aromatic ring is 1. The molecule has 2 unspecified atom stereocenters. The highest BCUT2D eigenvalue weighted by Gasteiger charge is 2.50. The van der Waals surface area contributed by atoms with Crippen LogP contribution in [0.25, 0.3) is 33.0 Å². The Balaban J connectivity index is 1.26. The second-order valence-corrected chi connectivity index (χ2v) is 13.5. The maximum Gasteiger partial charge on any atom is 0.319 e. The summed E-state index contributed by atoms with van der Waals surface area (Å²) >= 11 is 0. The number of benzene rings is 2. The molecule has 10 nitrogen and oxygen atoms in total. The van der Waals surface area contributed by atoms with Crippen molar-refractivity contribution in [1.29, 1.82) is 5.26 Å². The molecular formula is C33H32F3N7O3. The van der Waals surface area contributed by atoms with Gasteiger partial charge >= 0.3 is 6.01 Å². The topological polar surface area (TPSA) is 117 Å². The van der Waals surface area contributed by atoms with E-state index in [2.05, 4.69) is 26.7 Å². The number of fused-ring (bicyclic) bond motifs is 7. The summed E-state index contributed by atoms with van der Waals surface area (Å²) < 4.78 is 65.4. The number of nitriles is 1. The summed E-state index contributed by atoms with van der Waals surface area (Å²) in [6.07, 6.45) is 2.20. The molecule has 13 heteroatoms. The summed E-state index contributed by atoms with van der Waals surface area (Å²) in [5, 5.41) is 10.5. The maximum atomic E-state index is 17.3. The number of aromatic nitrogens is 2. The van der Waals surface area contributed by atoms with Crippen molar-refractivity contribution in [3.8, 4) is 23.2 Å². The second-order valence-electron chi connectivity index (χ2n) is 13.5. The number of likely N-dealkylation sites (N-methyl/N-ethyl adjacent to an activating group) is 1. The number of nitrogens with two attached hydrogens (primary N) is 1. The van der Waals surface area contributed by atoms with Crippen LogP contribution in [0.2, 0.25) is 0 Å². The minimum Gasteiger partial charge on any atom is -0.461 e. The predicted octanol–water partition coefficient (Wildman–Crippen LogP) is 4.65. The van der Waals surface area contributed by atoms with Crippen LogP contribution in [-0.4, -0.2) is 83.4 Å². The van der Waals surface area contributed by atoms with Crippen molar-refractivity contribution in [2.75, 3.05) is 50.5 Å². The Labute approximate surface area is 262 Å². The van der Waals surface area contributed by atoms with Gasteiger partial charge in [-0.25, -0.2) is 13.2 Å². The Morgan fingerprint density at radius 1 is 1.11 bits per heavy atom. The average molecular weight is 632 g/mol. The molecule has 2 bridgehead atoms. The zero-order valence-corrected chi connectivity index (χ0v) is 25.3. The van der Waals surface area contributed by atoms with Crippen molar-refractivity contribution in [1.82, 2.24) is 19.8 Å². The van der Waals surface area contributed by atoms with E-state index in [1.165, 1.54) is 12.1 Å². The summed E-state index contributed by atoms with van der Waals surface area (Å²) in [5.41, 5.74) is 6.60. The van der Waals surface area contributed by atoms with Crippen LogP contribution in [0.4, 0.5) is 24.9 Å². The standard InChI is InChI=1S/C33H32F3N7O3/c1-41-11-17-7-18(12-41)43(17)31-26-21-14-44-13-20(21)25(27-22(35)3-4-23-24(27)19(9-37)30(38)46-23)28(36)29(26)39-32(40-31)45-15-33-5-2-6-42(33)10-16(34)8-33/h3-4,16-18H,2,5-8,10-15,38H2,1H3/t16-,17?,18?,33+/m1/s1. The third-order valence-electron chi connectivity index (χ3n) is 10.8. The molecule has 2 N–H and O–H groups in total. The lowest BCUT2D eigenvalue weighted by Gasteiger charge is -2.56. The molecule has 2 aromatic heterocycles. The number of alkyl halides is 1. The molecule has 0 radical (unpaired) electrons. The van der Waals surface area contributed by atoms with Crippen molar-refractivity contribution in [3.63, 3.8) is 0 Å². The van der Waals surface area contributed by atoms with Gasteiger partial charge in [-0.1, -0.05) is 0 Å². The van der Waals surface area contributed by atoms with E-state index in [9.17, 15) is 9.65 Å². The van der Waals surface area contributed by atoms with Gasteiger partial charge < -0.3 is 29.4 Å². The first kappa shape index (κ1) is 28.1. The van der Waals surface area contributed by atoms with E-state index in [4.69, 9.17) is 24.6 Å². The van der Waals surface area contributed by atoms with E-state index in [0.29, 0.717) is 35.3 Å². The van der Waals surface area contributed by atoms with E-state index < -0.39 is 23.3 Å². The summed E-state index contributed by atoms with van der Waals surface area (Å²) in [6.45, 7) is 3.23. The lowest BCUT2D eigenvalue weighted by Crippen LogP contribution is -2.68. The number of hydrogen-bond acceptors (Lipinski definition) is 10. The van der Waals surface area contributed by atoms with E-state index in [-0.39, 0.29) is 77.0 Å². The number of piperazine rings is 1. The highest BCUT2D eigenvalue weighted by Crippen LogP contribution is 2.49. The third kappa shape index (κ3) is 3.87. The predicted molar refractivity (Wildman–Crippen MR) is 163 cm³/mol. The summed E-state index contributed by atoms with van der Waals surface area (Å²) in [7, 11) is 2.08. The largest absolute Gasteiger partial charge is 0.461 e. The number of rotatable bonds is 5. The van der Waals surface area contributed by atoms with Crippen LogP contribution < -0.4 is 15.4 Å². The van der Waals surface area contributed by atoms with Crippen LogP contribution in [0.5, 0.6) is 6.01 Å². The smallest absolute Gasteiger partial charge is 0.319 e. The lowest BCUT2D eigenvalue weighted by atomic mass is 9.86. The van der Waals surface area contributed by atoms with E-state index >= 15 is 8.78 Å². The molecule has 6 aliphatic heterocycles. The number of anilines is 2. The quantitative estimate of drug-likeness (QED) is 0.334. The number of furan rings is 1. The van der Waals surface area contributed by atoms with Crippen LogP contribution in [0.15, 0.2) is 16.5 Å². The zero-order chi connectivity index (χ0) is 31.5. The molecule has 4 aromatic rings. The summed E-state index contributed by atoms with van der Waals surface area (Å²) in [4.78, 5) is 16.2. The molecule has 238 valence electrons. The molecule has 5 saturated heterocycles. The Kier molecular flexibility index (Phi) is 6.08. The fourth-order valence-electron chi connectivity index (χ4n) is 8.86. The fourth-order valence-corrected chi connectivity index (χ4v) is 8.86. The van der Waals surface area contributed by atoms with Crippen LogP contribution >= 0.6 is 0 Å². The lowest BCUT2D eigenvalue weighted by molar-refractivity contribution is 0.107. The van der Waals surface area contributed by atoms with Gasteiger partial charge in [-0.15, -0.1) is 0 Å². The molecule has 5 fully saturated rings. The molecule has 46 heavy (non-hydrogen) atoms. The van der Waals surface area contributed by atoms with E-state index in [0.717, 1.165) is 38.9 Å². The summed E-state index contributed by atoms with van der Waals surface area (Å²) in [6, 6.07) is 4.91. The highest BCUT2D eigenvalue weighted by molar-refractivity contribution is 6.05. The minimum atomic E-state index is -0.926. The Bertz CT molecular complexity index is 1980. The number of ether oxygens (including phenoxy) is 2. The van der Waals surface area contributed by atoms with Crippen LogP contribution in [-0.2, 0) is 18.0 Å². The van der Waals surface area contributed by atoms with Gasteiger partial charge in [0.05, 0.1) is 29.5 Å². The third-order valence-corrected chi connectivity index (χ3v) is 10.8. The van der Waals surface area contributed by atoms with Gasteiger partial charge in [-0.2, -0.15) is 15.2 Å².